The Balaban J connectivity index is -0.0000000105. The van der Waals surface area contributed by atoms with Crippen LogP contribution < -0.4 is 0 Å². The van der Waals surface area contributed by atoms with Gasteiger partial charge in [0.15, 0.2) is 0 Å². The summed E-state index contributed by atoms with van der Waals surface area (Å²) in [6.45, 7) is 25.5. The molecule has 0 aliphatic rings. The van der Waals surface area contributed by atoms with Crippen LogP contribution in [0.5, 0.6) is 0 Å². The summed E-state index contributed by atoms with van der Waals surface area (Å²) in [5, 5.41) is 21.0. The van der Waals surface area contributed by atoms with E-state index >= 15 is 0 Å². The maximum absolute atomic E-state index is 7.00. The van der Waals surface area contributed by atoms with Gasteiger partial charge in [-0.15, -0.1) is 0 Å². The standard InChI is InChI=1S/6C3H8.4C2H6O.3CH4O.3CH4/c10*1-3-2;3*1-2;;;/h6*3H2,1-2H3;4*1-2H3;3*2H,1H3;3*1H4. The van der Waals surface area contributed by atoms with Crippen LogP contribution in [0.3, 0.4) is 0 Å². The molecule has 0 amide bonds. The van der Waals surface area contributed by atoms with E-state index in [-0.39, 0.29) is 22.3 Å². The zero-order valence-electron chi connectivity index (χ0n) is 30.2. The summed E-state index contributed by atoms with van der Waals surface area (Å²) in [5.41, 5.74) is 0. The number of methoxy groups -OCH3 is 4. The smallest absolute Gasteiger partial charge is 0.0351 e. The van der Waals surface area contributed by atoms with Gasteiger partial charge >= 0.3 is 0 Å². The first-order valence-electron chi connectivity index (χ1n) is 13.1. The molecule has 0 fully saturated rings. The van der Waals surface area contributed by atoms with E-state index in [0.29, 0.717) is 0 Å². The van der Waals surface area contributed by atoms with Crippen LogP contribution in [0.15, 0.2) is 0 Å². The SMILES string of the molecule is C.C.C.CCC.CCC.CCC.CCC.CCC.CCC.CO.CO.CO.COC.COC.COC.COC. The van der Waals surface area contributed by atoms with Crippen molar-refractivity contribution in [1.82, 2.24) is 0 Å². The van der Waals surface area contributed by atoms with Gasteiger partial charge in [-0.2, -0.15) is 0 Å². The summed E-state index contributed by atoms with van der Waals surface area (Å²) in [6, 6.07) is 0. The van der Waals surface area contributed by atoms with Gasteiger partial charge in [-0.05, 0) is 0 Å². The predicted octanol–water partition coefficient (Wildman–Crippen LogP) is 10.3. The lowest BCUT2D eigenvalue weighted by atomic mass is 10.6. The van der Waals surface area contributed by atoms with E-state index in [4.69, 9.17) is 15.3 Å². The first-order valence-corrected chi connectivity index (χ1v) is 13.1. The highest BCUT2D eigenvalue weighted by Gasteiger charge is 1.37. The Hall–Kier alpha value is -0.280. The minimum atomic E-state index is 0. The summed E-state index contributed by atoms with van der Waals surface area (Å²) in [6.07, 6.45) is 7.50. The normalized spacial score (nSPS) is 5.08. The van der Waals surface area contributed by atoms with Gasteiger partial charge in [-0.1, -0.05) is 144 Å². The maximum Gasteiger partial charge on any atom is 0.0351 e. The third kappa shape index (κ3) is 614000. The monoisotopic (exact) mass is 593 g/mol. The van der Waals surface area contributed by atoms with Crippen LogP contribution in [0.4, 0.5) is 0 Å². The minimum absolute atomic E-state index is 0. The van der Waals surface area contributed by atoms with E-state index in [1.807, 2.05) is 0 Å². The molecule has 0 aliphatic heterocycles. The van der Waals surface area contributed by atoms with Crippen molar-refractivity contribution in [1.29, 1.82) is 0 Å². The summed E-state index contributed by atoms with van der Waals surface area (Å²) >= 11 is 0. The summed E-state index contributed by atoms with van der Waals surface area (Å²) in [5.74, 6) is 0. The molecule has 0 rings (SSSR count). The van der Waals surface area contributed by atoms with Crippen molar-refractivity contribution in [3.8, 4) is 0 Å². The van der Waals surface area contributed by atoms with Gasteiger partial charge < -0.3 is 34.3 Å². The second-order valence-corrected chi connectivity index (χ2v) is 5.88. The molecule has 0 bridgehead atoms. The van der Waals surface area contributed by atoms with Crippen molar-refractivity contribution < 1.29 is 34.3 Å². The Morgan fingerprint density at radius 2 is 0.256 bits per heavy atom. The summed E-state index contributed by atoms with van der Waals surface area (Å²) < 4.78 is 17.0. The molecule has 0 unspecified atom stereocenters. The van der Waals surface area contributed by atoms with Crippen molar-refractivity contribution in [3.05, 3.63) is 0 Å². The van der Waals surface area contributed by atoms with Crippen LogP contribution >= 0.6 is 0 Å². The molecule has 266 valence electrons. The topological polar surface area (TPSA) is 97.6 Å². The van der Waals surface area contributed by atoms with Gasteiger partial charge in [-0.3, -0.25) is 0 Å². The highest BCUT2D eigenvalue weighted by Crippen LogP contribution is 1.57. The minimum Gasteiger partial charge on any atom is -0.400 e. The number of rotatable bonds is 0. The maximum atomic E-state index is 7.00. The van der Waals surface area contributed by atoms with Crippen LogP contribution in [0.2, 0.25) is 0 Å². The highest BCUT2D eigenvalue weighted by molar-refractivity contribution is 3.93. The Bertz CT molecular complexity index is 59.7. The van der Waals surface area contributed by atoms with Crippen molar-refractivity contribution >= 4 is 0 Å². The number of aliphatic hydroxyl groups is 3. The fourth-order valence-electron chi connectivity index (χ4n) is 0. The number of hydrogen-bond donors (Lipinski definition) is 3. The fraction of sp³-hybridized carbons (Fsp3) is 1.00. The summed E-state index contributed by atoms with van der Waals surface area (Å²) in [7, 11) is 16.0. The molecule has 0 aromatic carbocycles. The summed E-state index contributed by atoms with van der Waals surface area (Å²) in [4.78, 5) is 0. The van der Waals surface area contributed by atoms with Crippen molar-refractivity contribution in [2.75, 3.05) is 78.2 Å². The first kappa shape index (κ1) is 107. The van der Waals surface area contributed by atoms with E-state index in [1.54, 1.807) is 56.9 Å². The quantitative estimate of drug-likeness (QED) is 0.257. The molecule has 0 aliphatic carbocycles. The molecule has 0 aromatic heterocycles. The Kier molecular flexibility index (Phi) is 1470. The second kappa shape index (κ2) is 538. The van der Waals surface area contributed by atoms with Crippen molar-refractivity contribution in [2.45, 2.75) is 144 Å². The van der Waals surface area contributed by atoms with Gasteiger partial charge in [0.25, 0.3) is 0 Å². The molecular weight excluding hydrogens is 496 g/mol. The molecule has 0 saturated carbocycles. The molecule has 0 heterocycles. The highest BCUT2D eigenvalue weighted by atomic mass is 16.5. The van der Waals surface area contributed by atoms with Crippen LogP contribution in [-0.4, -0.2) is 93.5 Å². The van der Waals surface area contributed by atoms with Crippen LogP contribution in [0.1, 0.15) is 144 Å². The van der Waals surface area contributed by atoms with Gasteiger partial charge in [0.1, 0.15) is 0 Å². The number of aliphatic hydroxyl groups excluding tert-OH is 3. The van der Waals surface area contributed by atoms with E-state index in [9.17, 15) is 0 Å². The van der Waals surface area contributed by atoms with Gasteiger partial charge in [0.2, 0.25) is 0 Å². The van der Waals surface area contributed by atoms with Gasteiger partial charge in [0, 0.05) is 78.2 Å². The number of hydrogen-bond acceptors (Lipinski definition) is 7. The average molecular weight is 593 g/mol. The van der Waals surface area contributed by atoms with Crippen molar-refractivity contribution in [2.24, 2.45) is 0 Å². The molecule has 0 aromatic rings. The molecule has 3 N–H and O–H groups in total. The first-order chi connectivity index (χ1) is 17.1. The largest absolute Gasteiger partial charge is 0.400 e. The average Bonchev–Trinajstić information content (AvgIpc) is 2.83. The zero-order valence-corrected chi connectivity index (χ0v) is 30.2. The second-order valence-electron chi connectivity index (χ2n) is 5.88. The Morgan fingerprint density at radius 3 is 0.256 bits per heavy atom. The molecule has 0 spiro atoms. The Morgan fingerprint density at radius 1 is 0.256 bits per heavy atom. The van der Waals surface area contributed by atoms with E-state index in [0.717, 1.165) is 21.3 Å². The van der Waals surface area contributed by atoms with Gasteiger partial charge in [0.05, 0.1) is 0 Å². The van der Waals surface area contributed by atoms with E-state index < -0.39 is 0 Å². The molecule has 7 nitrogen and oxygen atoms in total. The van der Waals surface area contributed by atoms with Crippen molar-refractivity contribution in [3.63, 3.8) is 0 Å². The fourth-order valence-corrected chi connectivity index (χ4v) is 0. The predicted molar refractivity (Wildman–Crippen MR) is 192 cm³/mol. The molecule has 39 heavy (non-hydrogen) atoms. The third-order valence-corrected chi connectivity index (χ3v) is 0. The van der Waals surface area contributed by atoms with E-state index in [1.165, 1.54) is 38.5 Å². The lowest BCUT2D eigenvalue weighted by Gasteiger charge is -1.61. The lowest BCUT2D eigenvalue weighted by molar-refractivity contribution is 0.277. The van der Waals surface area contributed by atoms with Crippen LogP contribution in [0.25, 0.3) is 0 Å². The Labute approximate surface area is 256 Å². The van der Waals surface area contributed by atoms with Crippen LogP contribution in [-0.2, 0) is 18.9 Å². The molecule has 7 heteroatoms. The number of ether oxygens (including phenoxy) is 4. The van der Waals surface area contributed by atoms with Crippen LogP contribution in [0, 0.1) is 0 Å². The molecule has 0 radical (unpaired) electrons. The molecule has 0 saturated heterocycles. The van der Waals surface area contributed by atoms with Gasteiger partial charge in [-0.25, -0.2) is 0 Å². The third-order valence-electron chi connectivity index (χ3n) is 0. The van der Waals surface area contributed by atoms with E-state index in [2.05, 4.69) is 102 Å². The molecule has 0 atom stereocenters. The zero-order chi connectivity index (χ0) is 33.1. The lowest BCUT2D eigenvalue weighted by Crippen LogP contribution is -1.55. The molecular formula is C32H96O7.